The van der Waals surface area contributed by atoms with Crippen molar-refractivity contribution in [2.75, 3.05) is 28.6 Å². The van der Waals surface area contributed by atoms with Gasteiger partial charge in [-0.25, -0.2) is 27.3 Å². The zero-order valence-electron chi connectivity index (χ0n) is 21.1. The number of halogens is 4. The van der Waals surface area contributed by atoms with Gasteiger partial charge in [-0.15, -0.1) is 0 Å². The monoisotopic (exact) mass is 554 g/mol. The lowest BCUT2D eigenvalue weighted by molar-refractivity contribution is -0.0119. The van der Waals surface area contributed by atoms with Gasteiger partial charge in [0.2, 0.25) is 0 Å². The quantitative estimate of drug-likeness (QED) is 0.395. The summed E-state index contributed by atoms with van der Waals surface area (Å²) in [5.74, 6) is -5.31. The number of carbonyl (C=O) groups is 2. The molecule has 1 aliphatic rings. The third-order valence-corrected chi connectivity index (χ3v) is 6.47. The normalized spacial score (nSPS) is 15.3. The number of alkyl halides is 2. The van der Waals surface area contributed by atoms with Crippen molar-refractivity contribution in [2.24, 2.45) is 7.05 Å². The largest absolute Gasteiger partial charge is 0.444 e. The van der Waals surface area contributed by atoms with Crippen LogP contribution in [-0.2, 0) is 11.8 Å². The number of aryl methyl sites for hydroxylation is 1. The number of thiazole rings is 1. The maximum Gasteiger partial charge on any atom is 0.412 e. The Kier molecular flexibility index (Phi) is 7.37. The van der Waals surface area contributed by atoms with E-state index in [-0.39, 0.29) is 40.0 Å². The second-order valence-electron chi connectivity index (χ2n) is 9.76. The Morgan fingerprint density at radius 3 is 2.47 bits per heavy atom. The molecule has 0 saturated carbocycles. The van der Waals surface area contributed by atoms with Crippen molar-refractivity contribution in [1.29, 1.82) is 0 Å². The third kappa shape index (κ3) is 6.06. The Balaban J connectivity index is 1.69. The van der Waals surface area contributed by atoms with Gasteiger partial charge in [0.15, 0.2) is 11.5 Å². The molecule has 0 atom stereocenters. The molecule has 4 rings (SSSR count). The number of nitrogens with zero attached hydrogens (tertiary/aromatic N) is 4. The Morgan fingerprint density at radius 1 is 1.16 bits per heavy atom. The molecule has 204 valence electrons. The predicted octanol–water partition coefficient (Wildman–Crippen LogP) is 5.66. The van der Waals surface area contributed by atoms with Gasteiger partial charge in [0.05, 0.1) is 18.3 Å². The van der Waals surface area contributed by atoms with Gasteiger partial charge in [0, 0.05) is 20.0 Å². The fourth-order valence-electron chi connectivity index (χ4n) is 3.99. The Bertz CT molecular complexity index is 1350. The minimum atomic E-state index is -2.90. The number of benzene rings is 1. The number of anilines is 3. The molecule has 1 fully saturated rings. The second kappa shape index (κ2) is 10.2. The number of hydrogen-bond acceptors (Lipinski definition) is 7. The Hall–Kier alpha value is -3.68. The molecule has 1 aromatic carbocycles. The van der Waals surface area contributed by atoms with Gasteiger partial charge in [-0.2, -0.15) is 5.10 Å². The average Bonchev–Trinajstić information content (AvgIpc) is 3.35. The standard InChI is InChI=1S/C24H26F4N6O3S/c1-23(2,3)37-22(36)32-20-17(31-19(38-20)16-13(25)7-5-8-14(16)26)18(35)30-15-11-29-33(4)21(15)34-10-6-9-24(27,28)12-34/h5,7-8,11H,6,9-10,12H2,1-4H3,(H,30,35)(H,32,36). The fourth-order valence-corrected chi connectivity index (χ4v) is 4.98. The van der Waals surface area contributed by atoms with Crippen LogP contribution in [0.3, 0.4) is 0 Å². The maximum atomic E-state index is 14.5. The first-order chi connectivity index (χ1) is 17.7. The van der Waals surface area contributed by atoms with Gasteiger partial charge in [-0.05, 0) is 39.3 Å². The molecular formula is C24H26F4N6O3S. The van der Waals surface area contributed by atoms with E-state index in [1.54, 1.807) is 27.8 Å². The zero-order valence-corrected chi connectivity index (χ0v) is 21.9. The lowest BCUT2D eigenvalue weighted by Crippen LogP contribution is -2.43. The summed E-state index contributed by atoms with van der Waals surface area (Å²) >= 11 is 0.677. The lowest BCUT2D eigenvalue weighted by atomic mass is 10.1. The molecule has 14 heteroatoms. The van der Waals surface area contributed by atoms with E-state index in [9.17, 15) is 27.2 Å². The first-order valence-corrected chi connectivity index (χ1v) is 12.5. The minimum absolute atomic E-state index is 0.121. The highest BCUT2D eigenvalue weighted by Crippen LogP contribution is 2.37. The molecule has 0 unspecified atom stereocenters. The Labute approximate surface area is 219 Å². The van der Waals surface area contributed by atoms with Crippen molar-refractivity contribution in [3.05, 3.63) is 41.7 Å². The van der Waals surface area contributed by atoms with Gasteiger partial charge >= 0.3 is 6.09 Å². The number of carbonyl (C=O) groups excluding carboxylic acids is 2. The van der Waals surface area contributed by atoms with Crippen LogP contribution in [0.5, 0.6) is 0 Å². The van der Waals surface area contributed by atoms with Crippen LogP contribution in [-0.4, -0.2) is 51.4 Å². The molecule has 3 aromatic rings. The van der Waals surface area contributed by atoms with Crippen LogP contribution in [0.2, 0.25) is 0 Å². The van der Waals surface area contributed by atoms with Gasteiger partial charge in [0.1, 0.15) is 32.9 Å². The van der Waals surface area contributed by atoms with Crippen molar-refractivity contribution in [2.45, 2.75) is 45.1 Å². The van der Waals surface area contributed by atoms with E-state index >= 15 is 0 Å². The van der Waals surface area contributed by atoms with Gasteiger partial charge in [-0.1, -0.05) is 17.4 Å². The van der Waals surface area contributed by atoms with E-state index in [1.807, 2.05) is 0 Å². The molecular weight excluding hydrogens is 528 g/mol. The Morgan fingerprint density at radius 2 is 1.84 bits per heavy atom. The van der Waals surface area contributed by atoms with Gasteiger partial charge < -0.3 is 15.0 Å². The van der Waals surface area contributed by atoms with E-state index in [1.165, 1.54) is 21.8 Å². The zero-order chi connectivity index (χ0) is 27.8. The summed E-state index contributed by atoms with van der Waals surface area (Å²) in [5.41, 5.74) is -1.55. The topological polar surface area (TPSA) is 101 Å². The van der Waals surface area contributed by atoms with Crippen LogP contribution in [0.4, 0.5) is 38.9 Å². The summed E-state index contributed by atoms with van der Waals surface area (Å²) in [6.45, 7) is 4.70. The number of nitrogens with one attached hydrogen (secondary N) is 2. The summed E-state index contributed by atoms with van der Waals surface area (Å²) in [5, 5.41) is 8.77. The van der Waals surface area contributed by atoms with E-state index in [4.69, 9.17) is 4.74 Å². The summed E-state index contributed by atoms with van der Waals surface area (Å²) in [6, 6.07) is 3.26. The fraction of sp³-hybridized carbons (Fsp3) is 0.417. The first kappa shape index (κ1) is 27.4. The van der Waals surface area contributed by atoms with Crippen molar-refractivity contribution in [1.82, 2.24) is 14.8 Å². The van der Waals surface area contributed by atoms with Crippen LogP contribution < -0.4 is 15.5 Å². The molecule has 3 heterocycles. The molecule has 2 N–H and O–H groups in total. The number of ether oxygens (including phenoxy) is 1. The molecule has 0 aliphatic carbocycles. The van der Waals surface area contributed by atoms with Crippen LogP contribution >= 0.6 is 11.3 Å². The first-order valence-electron chi connectivity index (χ1n) is 11.7. The van der Waals surface area contributed by atoms with E-state index in [0.29, 0.717) is 17.9 Å². The van der Waals surface area contributed by atoms with Gasteiger partial charge in [-0.3, -0.25) is 14.8 Å². The van der Waals surface area contributed by atoms with Crippen molar-refractivity contribution in [3.8, 4) is 10.6 Å². The molecule has 0 bridgehead atoms. The van der Waals surface area contributed by atoms with E-state index in [2.05, 4.69) is 20.7 Å². The van der Waals surface area contributed by atoms with Crippen LogP contribution in [0, 0.1) is 11.6 Å². The smallest absolute Gasteiger partial charge is 0.412 e. The van der Waals surface area contributed by atoms with Crippen LogP contribution in [0.15, 0.2) is 24.4 Å². The third-order valence-electron chi connectivity index (χ3n) is 5.48. The summed E-state index contributed by atoms with van der Waals surface area (Å²) in [4.78, 5) is 31.3. The highest BCUT2D eigenvalue weighted by molar-refractivity contribution is 7.19. The maximum absolute atomic E-state index is 14.5. The minimum Gasteiger partial charge on any atom is -0.444 e. The lowest BCUT2D eigenvalue weighted by Gasteiger charge is -2.34. The molecule has 2 amide bonds. The summed E-state index contributed by atoms with van der Waals surface area (Å²) < 4.78 is 63.7. The van der Waals surface area contributed by atoms with Crippen molar-refractivity contribution < 1.29 is 31.9 Å². The van der Waals surface area contributed by atoms with E-state index in [0.717, 1.165) is 12.1 Å². The molecule has 0 spiro atoms. The SMILES string of the molecule is Cn1ncc(NC(=O)c2nc(-c3c(F)cccc3F)sc2NC(=O)OC(C)(C)C)c1N1CCCC(F)(F)C1. The highest BCUT2D eigenvalue weighted by Gasteiger charge is 2.37. The molecule has 2 aromatic heterocycles. The highest BCUT2D eigenvalue weighted by atomic mass is 32.1. The van der Waals surface area contributed by atoms with Crippen LogP contribution in [0.1, 0.15) is 44.1 Å². The molecule has 9 nitrogen and oxygen atoms in total. The van der Waals surface area contributed by atoms with Gasteiger partial charge in [0.25, 0.3) is 11.8 Å². The molecule has 38 heavy (non-hydrogen) atoms. The summed E-state index contributed by atoms with van der Waals surface area (Å²) in [6.07, 6.45) is 0.398. The molecule has 1 aliphatic heterocycles. The predicted molar refractivity (Wildman–Crippen MR) is 135 cm³/mol. The van der Waals surface area contributed by atoms with E-state index < -0.39 is 47.3 Å². The van der Waals surface area contributed by atoms with Crippen molar-refractivity contribution >= 4 is 39.8 Å². The summed E-state index contributed by atoms with van der Waals surface area (Å²) in [7, 11) is 1.55. The number of piperidine rings is 1. The number of amides is 2. The number of aromatic nitrogens is 3. The second-order valence-corrected chi connectivity index (χ2v) is 10.8. The molecule has 1 saturated heterocycles. The number of rotatable bonds is 5. The average molecular weight is 555 g/mol. The van der Waals surface area contributed by atoms with Crippen LogP contribution in [0.25, 0.3) is 10.6 Å². The van der Waals surface area contributed by atoms with Crippen molar-refractivity contribution in [3.63, 3.8) is 0 Å². The number of hydrogen-bond donors (Lipinski definition) is 2. The molecule has 0 radical (unpaired) electrons.